The van der Waals surface area contributed by atoms with Gasteiger partial charge in [0.15, 0.2) is 0 Å². The molecule has 0 unspecified atom stereocenters. The molecule has 0 bridgehead atoms. The maximum Gasteiger partial charge on any atom is 0.120 e. The van der Waals surface area contributed by atoms with Crippen LogP contribution in [0.2, 0.25) is 0 Å². The smallest absolute Gasteiger partial charge is 0.120 e. The van der Waals surface area contributed by atoms with Crippen LogP contribution in [-0.4, -0.2) is 22.9 Å². The molecule has 0 aromatic rings. The molecule has 16 heavy (non-hydrogen) atoms. The third kappa shape index (κ3) is 4.55. The maximum atomic E-state index is 9.54. The fourth-order valence-corrected chi connectivity index (χ4v) is 1.82. The monoisotopic (exact) mass is 224 g/mol. The highest BCUT2D eigenvalue weighted by Gasteiger charge is 2.30. The lowest BCUT2D eigenvalue weighted by atomic mass is 9.84. The molecule has 1 fully saturated rings. The number of hydrogen-bond acceptors (Lipinski definition) is 2. The van der Waals surface area contributed by atoms with Crippen LogP contribution in [0, 0.1) is 17.3 Å². The minimum absolute atomic E-state index is 0.00981. The number of hydrogen-bond donors (Lipinski definition) is 1. The van der Waals surface area contributed by atoms with Crippen LogP contribution < -0.4 is 0 Å². The van der Waals surface area contributed by atoms with Gasteiger partial charge in [-0.1, -0.05) is 32.6 Å². The molecule has 2 nitrogen and oxygen atoms in total. The molecule has 2 heteroatoms. The van der Waals surface area contributed by atoms with Gasteiger partial charge in [-0.05, 0) is 38.5 Å². The molecule has 1 rings (SSSR count). The van der Waals surface area contributed by atoms with E-state index in [1.807, 2.05) is 0 Å². The van der Waals surface area contributed by atoms with Crippen molar-refractivity contribution in [1.29, 1.82) is 0 Å². The van der Waals surface area contributed by atoms with E-state index in [2.05, 4.69) is 32.6 Å². The predicted octanol–water partition coefficient (Wildman–Crippen LogP) is 2.74. The molecule has 0 radical (unpaired) electrons. The first-order valence-corrected chi connectivity index (χ1v) is 6.09. The van der Waals surface area contributed by atoms with Crippen LogP contribution in [0.25, 0.3) is 0 Å². The first kappa shape index (κ1) is 13.5. The van der Waals surface area contributed by atoms with E-state index in [1.165, 1.54) is 0 Å². The van der Waals surface area contributed by atoms with Crippen molar-refractivity contribution in [2.45, 2.75) is 71.7 Å². The van der Waals surface area contributed by atoms with E-state index in [9.17, 15) is 5.11 Å². The van der Waals surface area contributed by atoms with Gasteiger partial charge in [0.1, 0.15) is 11.7 Å². The number of aliphatic hydroxyl groups is 1. The zero-order valence-electron chi connectivity index (χ0n) is 11.1. The molecule has 0 aliphatic carbocycles. The highest BCUT2D eigenvalue weighted by Crippen LogP contribution is 2.31. The van der Waals surface area contributed by atoms with Gasteiger partial charge in [0.05, 0.1) is 6.10 Å². The van der Waals surface area contributed by atoms with E-state index in [0.29, 0.717) is 0 Å². The molecule has 2 atom stereocenters. The molecule has 1 heterocycles. The Morgan fingerprint density at radius 2 is 1.75 bits per heavy atom. The van der Waals surface area contributed by atoms with Crippen LogP contribution in [0.15, 0.2) is 0 Å². The second-order valence-electron chi connectivity index (χ2n) is 6.24. The lowest BCUT2D eigenvalue weighted by Crippen LogP contribution is -2.36. The Hall–Kier alpha value is -0.520. The van der Waals surface area contributed by atoms with Crippen LogP contribution in [0.3, 0.4) is 0 Å². The molecular formula is C14H24O2. The lowest BCUT2D eigenvalue weighted by molar-refractivity contribution is -0.0755. The van der Waals surface area contributed by atoms with Gasteiger partial charge in [0.2, 0.25) is 0 Å². The molecule has 1 saturated heterocycles. The van der Waals surface area contributed by atoms with Crippen LogP contribution in [0.1, 0.15) is 53.9 Å². The second-order valence-corrected chi connectivity index (χ2v) is 6.24. The average molecular weight is 224 g/mol. The second kappa shape index (κ2) is 4.77. The van der Waals surface area contributed by atoms with E-state index >= 15 is 0 Å². The van der Waals surface area contributed by atoms with Crippen molar-refractivity contribution in [1.82, 2.24) is 0 Å². The zero-order chi connectivity index (χ0) is 12.4. The number of ether oxygens (including phenoxy) is 1. The Balaban J connectivity index is 2.60. The van der Waals surface area contributed by atoms with Gasteiger partial charge in [-0.25, -0.2) is 0 Å². The normalized spacial score (nSPS) is 27.1. The summed E-state index contributed by atoms with van der Waals surface area (Å²) in [6.45, 7) is 9.99. The van der Waals surface area contributed by atoms with Crippen molar-refractivity contribution < 1.29 is 9.84 Å². The molecule has 1 aliphatic rings. The molecule has 1 aliphatic heterocycles. The van der Waals surface area contributed by atoms with Crippen LogP contribution in [-0.2, 0) is 4.74 Å². The average Bonchev–Trinajstić information content (AvgIpc) is 2.13. The molecule has 92 valence electrons. The van der Waals surface area contributed by atoms with Crippen LogP contribution in [0.4, 0.5) is 0 Å². The van der Waals surface area contributed by atoms with E-state index < -0.39 is 5.60 Å². The summed E-state index contributed by atoms with van der Waals surface area (Å²) in [5.41, 5.74) is -0.743. The summed E-state index contributed by atoms with van der Waals surface area (Å²) >= 11 is 0. The number of rotatable bonds is 0. The molecule has 0 aromatic carbocycles. The Labute approximate surface area is 99.4 Å². The predicted molar refractivity (Wildman–Crippen MR) is 66.0 cm³/mol. The fraction of sp³-hybridized carbons (Fsp3) is 0.857. The van der Waals surface area contributed by atoms with Gasteiger partial charge in [-0.3, -0.25) is 0 Å². The Morgan fingerprint density at radius 3 is 2.25 bits per heavy atom. The first-order valence-electron chi connectivity index (χ1n) is 6.09. The van der Waals surface area contributed by atoms with Gasteiger partial charge >= 0.3 is 0 Å². The Morgan fingerprint density at radius 1 is 1.12 bits per heavy atom. The van der Waals surface area contributed by atoms with Crippen molar-refractivity contribution >= 4 is 0 Å². The molecule has 0 aromatic heterocycles. The van der Waals surface area contributed by atoms with Crippen molar-refractivity contribution in [3.05, 3.63) is 0 Å². The summed E-state index contributed by atoms with van der Waals surface area (Å²) in [5, 5.41) is 9.54. The van der Waals surface area contributed by atoms with E-state index in [-0.39, 0.29) is 17.6 Å². The zero-order valence-corrected chi connectivity index (χ0v) is 11.1. The third-order valence-electron chi connectivity index (χ3n) is 2.77. The summed E-state index contributed by atoms with van der Waals surface area (Å²) in [6.07, 6.45) is 3.53. The molecule has 1 N–H and O–H groups in total. The SMILES string of the molecule is CC(C)(O)C#C[C@@H]1CCC[C@H](C(C)(C)C)O1. The lowest BCUT2D eigenvalue weighted by Gasteiger charge is -2.36. The summed E-state index contributed by atoms with van der Waals surface area (Å²) < 4.78 is 5.96. The van der Waals surface area contributed by atoms with E-state index in [1.54, 1.807) is 13.8 Å². The molecule has 0 saturated carbocycles. The van der Waals surface area contributed by atoms with Crippen molar-refractivity contribution in [2.24, 2.45) is 5.41 Å². The minimum atomic E-state index is -0.919. The molecule has 0 spiro atoms. The third-order valence-corrected chi connectivity index (χ3v) is 2.77. The Bertz CT molecular complexity index is 283. The molecular weight excluding hydrogens is 200 g/mol. The first-order chi connectivity index (χ1) is 7.18. The minimum Gasteiger partial charge on any atom is -0.378 e. The highest BCUT2D eigenvalue weighted by atomic mass is 16.5. The van der Waals surface area contributed by atoms with Crippen molar-refractivity contribution in [2.75, 3.05) is 0 Å². The maximum absolute atomic E-state index is 9.54. The van der Waals surface area contributed by atoms with Crippen molar-refractivity contribution in [3.63, 3.8) is 0 Å². The quantitative estimate of drug-likeness (QED) is 0.641. The van der Waals surface area contributed by atoms with Gasteiger partial charge in [0.25, 0.3) is 0 Å². The fourth-order valence-electron chi connectivity index (χ4n) is 1.82. The van der Waals surface area contributed by atoms with Gasteiger partial charge in [-0.15, -0.1) is 0 Å². The summed E-state index contributed by atoms with van der Waals surface area (Å²) in [6, 6.07) is 0. The van der Waals surface area contributed by atoms with Gasteiger partial charge in [-0.2, -0.15) is 0 Å². The topological polar surface area (TPSA) is 29.5 Å². The summed E-state index contributed by atoms with van der Waals surface area (Å²) in [4.78, 5) is 0. The summed E-state index contributed by atoms with van der Waals surface area (Å²) in [5.74, 6) is 5.89. The van der Waals surface area contributed by atoms with Crippen LogP contribution in [0.5, 0.6) is 0 Å². The van der Waals surface area contributed by atoms with Gasteiger partial charge in [0, 0.05) is 0 Å². The summed E-state index contributed by atoms with van der Waals surface area (Å²) in [7, 11) is 0. The van der Waals surface area contributed by atoms with Crippen molar-refractivity contribution in [3.8, 4) is 11.8 Å². The largest absolute Gasteiger partial charge is 0.378 e. The van der Waals surface area contributed by atoms with E-state index in [0.717, 1.165) is 19.3 Å². The Kier molecular flexibility index (Phi) is 4.04. The van der Waals surface area contributed by atoms with Crippen LogP contribution >= 0.6 is 0 Å². The highest BCUT2D eigenvalue weighted by molar-refractivity contribution is 5.14. The van der Waals surface area contributed by atoms with E-state index in [4.69, 9.17) is 4.74 Å². The molecule has 0 amide bonds. The van der Waals surface area contributed by atoms with Gasteiger partial charge < -0.3 is 9.84 Å². The standard InChI is InChI=1S/C14H24O2/c1-13(2,3)12-8-6-7-11(16-12)9-10-14(4,5)15/h11-12,15H,6-8H2,1-5H3/t11-,12+/m0/s1.